The Morgan fingerprint density at radius 2 is 2.00 bits per heavy atom. The van der Waals surface area contributed by atoms with Crippen LogP contribution in [-0.2, 0) is 4.79 Å². The molecular weight excluding hydrogens is 390 g/mol. The van der Waals surface area contributed by atoms with Gasteiger partial charge >= 0.3 is 0 Å². The van der Waals surface area contributed by atoms with Crippen molar-refractivity contribution in [1.29, 1.82) is 0 Å². The third kappa shape index (κ3) is 3.76. The number of para-hydroxylation sites is 1. The number of carbonyl (C=O) groups is 2. The fourth-order valence-electron chi connectivity index (χ4n) is 3.19. The van der Waals surface area contributed by atoms with Crippen molar-refractivity contribution >= 4 is 50.4 Å². The van der Waals surface area contributed by atoms with Gasteiger partial charge in [0, 0.05) is 56.2 Å². The number of Topliss-reactive ketones (excluding diaryl/α,β-unsaturated/α-hetero) is 1. The number of rotatable bonds is 6. The lowest BCUT2D eigenvalue weighted by Crippen LogP contribution is -2.13. The summed E-state index contributed by atoms with van der Waals surface area (Å²) in [4.78, 5) is 34.5. The molecular formula is C21H19N3O2S2. The molecule has 3 aromatic heterocycles. The number of ketones is 1. The number of H-pyrrole nitrogens is 1. The molecule has 0 atom stereocenters. The second-order valence-electron chi connectivity index (χ2n) is 6.58. The van der Waals surface area contributed by atoms with E-state index >= 15 is 0 Å². The van der Waals surface area contributed by atoms with Crippen LogP contribution in [0.4, 0.5) is 5.13 Å². The molecule has 0 aliphatic heterocycles. The van der Waals surface area contributed by atoms with Gasteiger partial charge in [-0.25, -0.2) is 4.98 Å². The lowest BCUT2D eigenvalue weighted by atomic mass is 10.1. The summed E-state index contributed by atoms with van der Waals surface area (Å²) in [6, 6.07) is 9.92. The van der Waals surface area contributed by atoms with Gasteiger partial charge in [0.2, 0.25) is 5.91 Å². The summed E-state index contributed by atoms with van der Waals surface area (Å²) in [6.45, 7) is 3.92. The molecule has 4 rings (SSSR count). The summed E-state index contributed by atoms with van der Waals surface area (Å²) in [6.07, 6.45) is 2.27. The Balaban J connectivity index is 1.39. The number of aromatic amines is 1. The third-order valence-electron chi connectivity index (χ3n) is 4.54. The van der Waals surface area contributed by atoms with E-state index in [9.17, 15) is 9.59 Å². The smallest absolute Gasteiger partial charge is 0.226 e. The van der Waals surface area contributed by atoms with Crippen LogP contribution in [0.2, 0.25) is 0 Å². The largest absolute Gasteiger partial charge is 0.360 e. The van der Waals surface area contributed by atoms with Gasteiger partial charge in [-0.15, -0.1) is 22.7 Å². The van der Waals surface area contributed by atoms with E-state index in [-0.39, 0.29) is 24.5 Å². The van der Waals surface area contributed by atoms with E-state index in [0.29, 0.717) is 5.13 Å². The Morgan fingerprint density at radius 3 is 2.79 bits per heavy atom. The normalized spacial score (nSPS) is 11.1. The zero-order chi connectivity index (χ0) is 19.7. The summed E-state index contributed by atoms with van der Waals surface area (Å²) in [5.74, 6) is -0.187. The fraction of sp³-hybridized carbons (Fsp3) is 0.190. The topological polar surface area (TPSA) is 74.8 Å². The molecule has 0 spiro atoms. The first-order valence-corrected chi connectivity index (χ1v) is 10.6. The van der Waals surface area contributed by atoms with E-state index in [1.54, 1.807) is 11.3 Å². The Hall–Kier alpha value is -2.77. The molecule has 4 aromatic rings. The maximum Gasteiger partial charge on any atom is 0.226 e. The van der Waals surface area contributed by atoms with Crippen molar-refractivity contribution in [3.63, 3.8) is 0 Å². The Kier molecular flexibility index (Phi) is 5.11. The number of hydrogen-bond acceptors (Lipinski definition) is 5. The van der Waals surface area contributed by atoms with Crippen LogP contribution in [0.3, 0.4) is 0 Å². The van der Waals surface area contributed by atoms with Gasteiger partial charge in [0.1, 0.15) is 0 Å². The zero-order valence-corrected chi connectivity index (χ0v) is 17.2. The SMILES string of the molecule is Cc1cc(C(=O)CCC(=O)Nc2nc(-c3c[nH]c4ccccc34)cs2)c(C)s1. The highest BCUT2D eigenvalue weighted by Gasteiger charge is 2.15. The van der Waals surface area contributed by atoms with Gasteiger partial charge in [-0.1, -0.05) is 18.2 Å². The highest BCUT2D eigenvalue weighted by Crippen LogP contribution is 2.31. The van der Waals surface area contributed by atoms with Crippen LogP contribution >= 0.6 is 22.7 Å². The zero-order valence-electron chi connectivity index (χ0n) is 15.5. The molecule has 0 saturated heterocycles. The summed E-state index contributed by atoms with van der Waals surface area (Å²) in [7, 11) is 0. The van der Waals surface area contributed by atoms with Crippen molar-refractivity contribution in [2.45, 2.75) is 26.7 Å². The predicted molar refractivity (Wildman–Crippen MR) is 115 cm³/mol. The van der Waals surface area contributed by atoms with Gasteiger partial charge < -0.3 is 10.3 Å². The van der Waals surface area contributed by atoms with Crippen LogP contribution in [0.1, 0.15) is 33.0 Å². The van der Waals surface area contributed by atoms with Crippen molar-refractivity contribution in [2.75, 3.05) is 5.32 Å². The molecule has 1 aromatic carbocycles. The molecule has 0 fully saturated rings. The third-order valence-corrected chi connectivity index (χ3v) is 6.26. The molecule has 0 bridgehead atoms. The van der Waals surface area contributed by atoms with Crippen molar-refractivity contribution in [3.05, 3.63) is 57.2 Å². The maximum absolute atomic E-state index is 12.3. The van der Waals surface area contributed by atoms with E-state index in [4.69, 9.17) is 0 Å². The van der Waals surface area contributed by atoms with Crippen LogP contribution in [0.5, 0.6) is 0 Å². The Bertz CT molecular complexity index is 1170. The number of aryl methyl sites for hydroxylation is 2. The minimum Gasteiger partial charge on any atom is -0.360 e. The van der Waals surface area contributed by atoms with Crippen LogP contribution in [0.25, 0.3) is 22.2 Å². The van der Waals surface area contributed by atoms with E-state index in [0.717, 1.165) is 37.5 Å². The molecule has 5 nitrogen and oxygen atoms in total. The number of aromatic nitrogens is 2. The quantitative estimate of drug-likeness (QED) is 0.409. The summed E-state index contributed by atoms with van der Waals surface area (Å²) >= 11 is 2.99. The number of fused-ring (bicyclic) bond motifs is 1. The number of thiophene rings is 1. The number of anilines is 1. The first kappa shape index (κ1) is 18.6. The lowest BCUT2D eigenvalue weighted by Gasteiger charge is -2.02. The van der Waals surface area contributed by atoms with Gasteiger partial charge in [0.25, 0.3) is 0 Å². The standard InChI is InChI=1S/C21H19N3O2S2/c1-12-9-15(13(2)28-12)19(25)7-8-20(26)24-21-23-18(11-27-21)16-10-22-17-6-4-3-5-14(16)17/h3-6,9-11,22H,7-8H2,1-2H3,(H,23,24,26). The summed E-state index contributed by atoms with van der Waals surface area (Å²) in [5, 5.41) is 6.37. The van der Waals surface area contributed by atoms with Crippen LogP contribution < -0.4 is 5.32 Å². The molecule has 1 amide bonds. The Morgan fingerprint density at radius 1 is 1.18 bits per heavy atom. The van der Waals surface area contributed by atoms with E-state index in [2.05, 4.69) is 15.3 Å². The van der Waals surface area contributed by atoms with E-state index in [1.807, 2.05) is 55.8 Å². The molecule has 28 heavy (non-hydrogen) atoms. The van der Waals surface area contributed by atoms with Gasteiger partial charge in [-0.3, -0.25) is 9.59 Å². The number of nitrogens with one attached hydrogen (secondary N) is 2. The molecule has 0 saturated carbocycles. The van der Waals surface area contributed by atoms with E-state index < -0.39 is 0 Å². The second-order valence-corrected chi connectivity index (χ2v) is 8.90. The maximum atomic E-state index is 12.3. The highest BCUT2D eigenvalue weighted by atomic mass is 32.1. The summed E-state index contributed by atoms with van der Waals surface area (Å²) < 4.78 is 0. The number of hydrogen-bond donors (Lipinski definition) is 2. The lowest BCUT2D eigenvalue weighted by molar-refractivity contribution is -0.116. The fourth-order valence-corrected chi connectivity index (χ4v) is 4.86. The molecule has 0 radical (unpaired) electrons. The molecule has 2 N–H and O–H groups in total. The minimum atomic E-state index is -0.196. The van der Waals surface area contributed by atoms with Gasteiger partial charge in [-0.05, 0) is 26.0 Å². The van der Waals surface area contributed by atoms with Gasteiger partial charge in [-0.2, -0.15) is 0 Å². The number of amides is 1. The van der Waals surface area contributed by atoms with Crippen molar-refractivity contribution in [3.8, 4) is 11.3 Å². The highest BCUT2D eigenvalue weighted by molar-refractivity contribution is 7.14. The van der Waals surface area contributed by atoms with Gasteiger partial charge in [0.05, 0.1) is 5.69 Å². The number of benzene rings is 1. The molecule has 0 unspecified atom stereocenters. The Labute approximate surface area is 170 Å². The minimum absolute atomic E-state index is 0.00983. The van der Waals surface area contributed by atoms with Crippen LogP contribution in [0.15, 0.2) is 41.9 Å². The molecule has 0 aliphatic carbocycles. The van der Waals surface area contributed by atoms with Crippen LogP contribution in [0, 0.1) is 13.8 Å². The average Bonchev–Trinajstić information content (AvgIpc) is 3.38. The number of carbonyl (C=O) groups excluding carboxylic acids is 2. The second kappa shape index (κ2) is 7.69. The van der Waals surface area contributed by atoms with E-state index in [1.165, 1.54) is 11.3 Å². The van der Waals surface area contributed by atoms with Crippen molar-refractivity contribution in [1.82, 2.24) is 9.97 Å². The molecule has 7 heteroatoms. The van der Waals surface area contributed by atoms with Crippen molar-refractivity contribution in [2.24, 2.45) is 0 Å². The van der Waals surface area contributed by atoms with Crippen LogP contribution in [-0.4, -0.2) is 21.7 Å². The first-order valence-electron chi connectivity index (χ1n) is 8.93. The molecule has 142 valence electrons. The number of thiazole rings is 1. The van der Waals surface area contributed by atoms with Crippen molar-refractivity contribution < 1.29 is 9.59 Å². The number of nitrogens with zero attached hydrogens (tertiary/aromatic N) is 1. The first-order chi connectivity index (χ1) is 13.5. The average molecular weight is 410 g/mol. The molecule has 3 heterocycles. The molecule has 0 aliphatic rings. The monoisotopic (exact) mass is 409 g/mol. The summed E-state index contributed by atoms with van der Waals surface area (Å²) in [5.41, 5.74) is 3.60. The predicted octanol–water partition coefficient (Wildman–Crippen LogP) is 5.57. The van der Waals surface area contributed by atoms with Gasteiger partial charge in [0.15, 0.2) is 10.9 Å².